The van der Waals surface area contributed by atoms with Gasteiger partial charge in [-0.1, -0.05) is 11.6 Å². The van der Waals surface area contributed by atoms with E-state index < -0.39 is 23.8 Å². The van der Waals surface area contributed by atoms with Crippen LogP contribution in [-0.4, -0.2) is 16.1 Å². The molecule has 0 aliphatic heterocycles. The summed E-state index contributed by atoms with van der Waals surface area (Å²) in [5, 5.41) is 9.10. The maximum absolute atomic E-state index is 12.6. The number of carbonyl (C=O) groups is 1. The second-order valence-electron chi connectivity index (χ2n) is 3.47. The summed E-state index contributed by atoms with van der Waals surface area (Å²) in [4.78, 5) is 14.3. The molecule has 0 saturated heterocycles. The van der Waals surface area contributed by atoms with Crippen molar-refractivity contribution in [2.24, 2.45) is 0 Å². The summed E-state index contributed by atoms with van der Waals surface area (Å²) in [5.41, 5.74) is -0.593. The number of alkyl halides is 2. The number of nitrogens with zero attached hydrogens (tertiary/aromatic N) is 1. The molecule has 2 rings (SSSR count). The molecular weight excluding hydrogens is 347 g/mol. The van der Waals surface area contributed by atoms with Gasteiger partial charge in [-0.05, 0) is 34.1 Å². The Hall–Kier alpha value is -1.47. The standard InChI is InChI=1S/C11H5BrClF2NO3/c12-5-2-1-4(3-6(5)13)10-16-7(9(14)15)8(19-10)11(17)18/h1-3,9H,(H,17,18). The quantitative estimate of drug-likeness (QED) is 0.889. The first-order chi connectivity index (χ1) is 8.90. The van der Waals surface area contributed by atoms with Gasteiger partial charge in [-0.3, -0.25) is 0 Å². The topological polar surface area (TPSA) is 63.3 Å². The molecule has 1 N–H and O–H groups in total. The van der Waals surface area contributed by atoms with E-state index in [1.165, 1.54) is 12.1 Å². The molecule has 100 valence electrons. The highest BCUT2D eigenvalue weighted by Crippen LogP contribution is 2.31. The molecule has 0 fully saturated rings. The van der Waals surface area contributed by atoms with Crippen molar-refractivity contribution < 1.29 is 23.1 Å². The number of benzene rings is 1. The van der Waals surface area contributed by atoms with Crippen LogP contribution in [0.25, 0.3) is 11.5 Å². The van der Waals surface area contributed by atoms with Crippen molar-refractivity contribution in [3.8, 4) is 11.5 Å². The highest BCUT2D eigenvalue weighted by atomic mass is 79.9. The summed E-state index contributed by atoms with van der Waals surface area (Å²) >= 11 is 9.03. The summed E-state index contributed by atoms with van der Waals surface area (Å²) < 4.78 is 30.7. The first kappa shape index (κ1) is 14.0. The van der Waals surface area contributed by atoms with Crippen molar-refractivity contribution in [2.45, 2.75) is 6.43 Å². The van der Waals surface area contributed by atoms with Gasteiger partial charge < -0.3 is 9.52 Å². The fourth-order valence-electron chi connectivity index (χ4n) is 1.39. The molecule has 0 amide bonds. The van der Waals surface area contributed by atoms with Gasteiger partial charge in [0.05, 0.1) is 5.02 Å². The van der Waals surface area contributed by atoms with Gasteiger partial charge >= 0.3 is 5.97 Å². The zero-order valence-corrected chi connectivity index (χ0v) is 11.4. The van der Waals surface area contributed by atoms with E-state index in [9.17, 15) is 13.6 Å². The molecule has 0 saturated carbocycles. The van der Waals surface area contributed by atoms with Gasteiger partial charge in [-0.15, -0.1) is 0 Å². The van der Waals surface area contributed by atoms with Crippen molar-refractivity contribution in [2.75, 3.05) is 0 Å². The van der Waals surface area contributed by atoms with Crippen molar-refractivity contribution in [1.82, 2.24) is 4.98 Å². The molecule has 0 unspecified atom stereocenters. The van der Waals surface area contributed by atoms with Crippen LogP contribution in [0.4, 0.5) is 8.78 Å². The summed E-state index contributed by atoms with van der Waals surface area (Å²) in [7, 11) is 0. The Morgan fingerprint density at radius 3 is 2.63 bits per heavy atom. The number of carboxylic acid groups (broad SMARTS) is 1. The van der Waals surface area contributed by atoms with Gasteiger partial charge in [-0.25, -0.2) is 18.6 Å². The molecule has 1 aromatic carbocycles. The number of hydrogen-bond acceptors (Lipinski definition) is 3. The van der Waals surface area contributed by atoms with Gasteiger partial charge in [-0.2, -0.15) is 0 Å². The molecule has 0 aliphatic carbocycles. The highest BCUT2D eigenvalue weighted by molar-refractivity contribution is 9.10. The van der Waals surface area contributed by atoms with Crippen LogP contribution in [0.3, 0.4) is 0 Å². The highest BCUT2D eigenvalue weighted by Gasteiger charge is 2.26. The van der Waals surface area contributed by atoms with Crippen molar-refractivity contribution in [3.05, 3.63) is 39.1 Å². The van der Waals surface area contributed by atoms with E-state index in [-0.39, 0.29) is 5.89 Å². The Kier molecular flexibility index (Phi) is 3.86. The number of carboxylic acids is 1. The third kappa shape index (κ3) is 2.76. The molecule has 0 radical (unpaired) electrons. The lowest BCUT2D eigenvalue weighted by Crippen LogP contribution is -1.99. The van der Waals surface area contributed by atoms with Crippen LogP contribution in [-0.2, 0) is 0 Å². The van der Waals surface area contributed by atoms with E-state index in [0.29, 0.717) is 15.1 Å². The predicted octanol–water partition coefficient (Wildman–Crippen LogP) is 4.39. The van der Waals surface area contributed by atoms with E-state index in [0.717, 1.165) is 0 Å². The average molecular weight is 353 g/mol. The van der Waals surface area contributed by atoms with Gasteiger partial charge in [0.25, 0.3) is 6.43 Å². The number of aromatic nitrogens is 1. The van der Waals surface area contributed by atoms with Gasteiger partial charge in [0.15, 0.2) is 5.69 Å². The van der Waals surface area contributed by atoms with Gasteiger partial charge in [0, 0.05) is 10.0 Å². The first-order valence-corrected chi connectivity index (χ1v) is 6.05. The Bertz CT molecular complexity index is 645. The minimum Gasteiger partial charge on any atom is -0.475 e. The second kappa shape index (κ2) is 5.26. The maximum Gasteiger partial charge on any atom is 0.374 e. The van der Waals surface area contributed by atoms with Crippen molar-refractivity contribution >= 4 is 33.5 Å². The van der Waals surface area contributed by atoms with Crippen LogP contribution in [0, 0.1) is 0 Å². The fourth-order valence-corrected chi connectivity index (χ4v) is 1.81. The van der Waals surface area contributed by atoms with Crippen LogP contribution >= 0.6 is 27.5 Å². The Labute approximate surface area is 119 Å². The van der Waals surface area contributed by atoms with Crippen molar-refractivity contribution in [1.29, 1.82) is 0 Å². The molecule has 0 aliphatic rings. The lowest BCUT2D eigenvalue weighted by atomic mass is 10.2. The minimum absolute atomic E-state index is 0.220. The number of aromatic carboxylic acids is 1. The molecular formula is C11H5BrClF2NO3. The molecule has 19 heavy (non-hydrogen) atoms. The molecule has 2 aromatic rings. The van der Waals surface area contributed by atoms with E-state index in [4.69, 9.17) is 21.1 Å². The largest absolute Gasteiger partial charge is 0.475 e. The third-order valence-electron chi connectivity index (χ3n) is 2.22. The second-order valence-corrected chi connectivity index (χ2v) is 4.73. The van der Waals surface area contributed by atoms with E-state index in [1.54, 1.807) is 6.07 Å². The first-order valence-electron chi connectivity index (χ1n) is 4.87. The summed E-state index contributed by atoms with van der Waals surface area (Å²) in [6.45, 7) is 0. The Balaban J connectivity index is 2.54. The maximum atomic E-state index is 12.6. The lowest BCUT2D eigenvalue weighted by molar-refractivity contribution is 0.0647. The molecule has 0 spiro atoms. The van der Waals surface area contributed by atoms with Crippen molar-refractivity contribution in [3.63, 3.8) is 0 Å². The Morgan fingerprint density at radius 2 is 2.16 bits per heavy atom. The Morgan fingerprint density at radius 1 is 1.47 bits per heavy atom. The van der Waals surface area contributed by atoms with E-state index in [1.807, 2.05) is 0 Å². The summed E-state index contributed by atoms with van der Waals surface area (Å²) in [6, 6.07) is 4.52. The van der Waals surface area contributed by atoms with E-state index in [2.05, 4.69) is 20.9 Å². The molecule has 8 heteroatoms. The predicted molar refractivity (Wildman–Crippen MR) is 66.6 cm³/mol. The zero-order chi connectivity index (χ0) is 14.2. The monoisotopic (exact) mass is 351 g/mol. The molecule has 0 bridgehead atoms. The average Bonchev–Trinajstić information content (AvgIpc) is 2.78. The molecule has 1 aromatic heterocycles. The summed E-state index contributed by atoms with van der Waals surface area (Å²) in [5.74, 6) is -2.69. The van der Waals surface area contributed by atoms with Crippen LogP contribution in [0.2, 0.25) is 5.02 Å². The van der Waals surface area contributed by atoms with Crippen LogP contribution in [0.5, 0.6) is 0 Å². The van der Waals surface area contributed by atoms with Crippen LogP contribution in [0.1, 0.15) is 22.7 Å². The number of halogens is 4. The fraction of sp³-hybridized carbons (Fsp3) is 0.0909. The van der Waals surface area contributed by atoms with Crippen LogP contribution in [0.15, 0.2) is 27.1 Å². The number of hydrogen-bond donors (Lipinski definition) is 1. The molecule has 1 heterocycles. The molecule has 4 nitrogen and oxygen atoms in total. The normalized spacial score (nSPS) is 11.0. The van der Waals surface area contributed by atoms with Gasteiger partial charge in [0.1, 0.15) is 0 Å². The SMILES string of the molecule is O=C(O)c1oc(-c2ccc(Br)c(Cl)c2)nc1C(F)F. The smallest absolute Gasteiger partial charge is 0.374 e. The minimum atomic E-state index is -3.03. The number of rotatable bonds is 3. The lowest BCUT2D eigenvalue weighted by Gasteiger charge is -1.98. The molecule has 0 atom stereocenters. The van der Waals surface area contributed by atoms with E-state index >= 15 is 0 Å². The van der Waals surface area contributed by atoms with Crippen LogP contribution < -0.4 is 0 Å². The number of oxazole rings is 1. The van der Waals surface area contributed by atoms with Gasteiger partial charge in [0.2, 0.25) is 11.7 Å². The zero-order valence-electron chi connectivity index (χ0n) is 9.03. The third-order valence-corrected chi connectivity index (χ3v) is 3.45. The summed E-state index contributed by atoms with van der Waals surface area (Å²) in [6.07, 6.45) is -3.03.